The topological polar surface area (TPSA) is 18.5 Å². The summed E-state index contributed by atoms with van der Waals surface area (Å²) >= 11 is 0. The second-order valence-corrected chi connectivity index (χ2v) is 7.40. The average Bonchev–Trinajstić information content (AvgIpc) is 2.64. The predicted molar refractivity (Wildman–Crippen MR) is 79.2 cm³/mol. The van der Waals surface area contributed by atoms with Gasteiger partial charge in [0, 0.05) is 0 Å². The largest absolute Gasteiger partial charge is 0.458 e. The van der Waals surface area contributed by atoms with E-state index in [-0.39, 0.29) is 18.3 Å². The third-order valence-electron chi connectivity index (χ3n) is 5.53. The first-order valence-electron chi connectivity index (χ1n) is 8.52. The molecule has 0 aromatic carbocycles. The maximum atomic E-state index is 6.57. The molecule has 1 saturated heterocycles. The summed E-state index contributed by atoms with van der Waals surface area (Å²) in [5, 5.41) is 0. The Bertz CT molecular complexity index is 278. The van der Waals surface area contributed by atoms with Gasteiger partial charge in [-0.2, -0.15) is 0 Å². The lowest BCUT2D eigenvalue weighted by Crippen LogP contribution is -2.53. The second kappa shape index (κ2) is 5.40. The van der Waals surface area contributed by atoms with E-state index in [4.69, 9.17) is 9.31 Å². The van der Waals surface area contributed by atoms with Crippen molar-refractivity contribution < 1.29 is 9.31 Å². The molecule has 2 aliphatic carbocycles. The molecule has 0 radical (unpaired) electrons. The maximum Gasteiger partial charge on any atom is 0.458 e. The zero-order valence-electron chi connectivity index (χ0n) is 12.7. The molecule has 3 heteroatoms. The minimum absolute atomic E-state index is 0.0659. The van der Waals surface area contributed by atoms with Crippen molar-refractivity contribution in [3.63, 3.8) is 0 Å². The van der Waals surface area contributed by atoms with Gasteiger partial charge in [-0.3, -0.25) is 0 Å². The molecule has 3 rings (SSSR count). The molecule has 0 aromatic heterocycles. The van der Waals surface area contributed by atoms with Crippen LogP contribution < -0.4 is 0 Å². The summed E-state index contributed by atoms with van der Waals surface area (Å²) in [6.07, 6.45) is 14.1. The van der Waals surface area contributed by atoms with Gasteiger partial charge in [0.1, 0.15) is 0 Å². The van der Waals surface area contributed by atoms with E-state index in [1.165, 1.54) is 64.2 Å². The molecule has 2 nitrogen and oxygen atoms in total. The lowest BCUT2D eigenvalue weighted by Gasteiger charge is -2.48. The fourth-order valence-corrected chi connectivity index (χ4v) is 4.62. The van der Waals surface area contributed by atoms with Crippen LogP contribution in [-0.4, -0.2) is 18.3 Å². The highest BCUT2D eigenvalue weighted by Gasteiger charge is 2.61. The number of hydrogen-bond donors (Lipinski definition) is 0. The molecule has 0 N–H and O–H groups in total. The van der Waals surface area contributed by atoms with E-state index in [0.29, 0.717) is 5.92 Å². The van der Waals surface area contributed by atoms with Crippen LogP contribution in [0.1, 0.15) is 78.1 Å². The third-order valence-corrected chi connectivity index (χ3v) is 5.53. The molecule has 0 aromatic rings. The van der Waals surface area contributed by atoms with Gasteiger partial charge in [0.25, 0.3) is 0 Å². The van der Waals surface area contributed by atoms with Gasteiger partial charge in [-0.25, -0.2) is 0 Å². The van der Waals surface area contributed by atoms with Crippen molar-refractivity contribution in [2.24, 2.45) is 5.92 Å². The molecule has 3 aliphatic rings. The van der Waals surface area contributed by atoms with Crippen LogP contribution in [0.4, 0.5) is 0 Å². The van der Waals surface area contributed by atoms with E-state index >= 15 is 0 Å². The van der Waals surface area contributed by atoms with Crippen LogP contribution in [0.5, 0.6) is 0 Å². The Morgan fingerprint density at radius 2 is 1.21 bits per heavy atom. The summed E-state index contributed by atoms with van der Waals surface area (Å²) in [5.41, 5.74) is 0.149. The van der Waals surface area contributed by atoms with E-state index in [1.54, 1.807) is 0 Å². The van der Waals surface area contributed by atoms with Crippen LogP contribution in [0, 0.1) is 5.92 Å². The summed E-state index contributed by atoms with van der Waals surface area (Å²) < 4.78 is 13.1. The van der Waals surface area contributed by atoms with Crippen LogP contribution in [0.15, 0.2) is 0 Å². The van der Waals surface area contributed by atoms with Crippen LogP contribution in [0.25, 0.3) is 0 Å². The van der Waals surface area contributed by atoms with Crippen molar-refractivity contribution in [3.8, 4) is 0 Å². The Labute approximate surface area is 118 Å². The second-order valence-electron chi connectivity index (χ2n) is 7.40. The number of hydrogen-bond acceptors (Lipinski definition) is 2. The van der Waals surface area contributed by atoms with Crippen molar-refractivity contribution in [2.45, 2.75) is 95.6 Å². The Morgan fingerprint density at radius 3 is 1.58 bits per heavy atom. The minimum atomic E-state index is 0.0659. The molecule has 0 atom stereocenters. The zero-order valence-corrected chi connectivity index (χ0v) is 12.7. The molecule has 2 spiro atoms. The fraction of sp³-hybridized carbons (Fsp3) is 1.00. The minimum Gasteiger partial charge on any atom is -0.403 e. The first-order valence-corrected chi connectivity index (χ1v) is 8.52. The lowest BCUT2D eigenvalue weighted by atomic mass is 9.66. The van der Waals surface area contributed by atoms with Crippen molar-refractivity contribution in [3.05, 3.63) is 0 Å². The molecule has 0 amide bonds. The lowest BCUT2D eigenvalue weighted by molar-refractivity contribution is -0.0923. The van der Waals surface area contributed by atoms with Gasteiger partial charge < -0.3 is 9.31 Å². The van der Waals surface area contributed by atoms with E-state index in [2.05, 4.69) is 13.8 Å². The molecule has 1 aliphatic heterocycles. The molecule has 0 bridgehead atoms. The molecule has 0 unspecified atom stereocenters. The normalized spacial score (nSPS) is 29.5. The van der Waals surface area contributed by atoms with Crippen LogP contribution in [0.3, 0.4) is 0 Å². The third kappa shape index (κ3) is 2.49. The fourth-order valence-electron chi connectivity index (χ4n) is 4.62. The molecule has 1 heterocycles. The van der Waals surface area contributed by atoms with E-state index in [9.17, 15) is 0 Å². The highest BCUT2D eigenvalue weighted by Crippen LogP contribution is 2.54. The molecule has 19 heavy (non-hydrogen) atoms. The summed E-state index contributed by atoms with van der Waals surface area (Å²) in [4.78, 5) is 0. The van der Waals surface area contributed by atoms with Gasteiger partial charge in [0.2, 0.25) is 0 Å². The Morgan fingerprint density at radius 1 is 0.789 bits per heavy atom. The number of fused-ring (bicyclic) bond motifs is 1. The molecule has 2 saturated carbocycles. The first-order chi connectivity index (χ1) is 9.16. The standard InChI is InChI=1S/C16H29BO2/c1-14(2)13-17-18-15(9-5-3-6-10-15)16(19-17)11-7-4-8-12-16/h14H,3-13H2,1-2H3. The number of rotatable bonds is 2. The first kappa shape index (κ1) is 13.9. The maximum absolute atomic E-state index is 6.57. The summed E-state index contributed by atoms with van der Waals surface area (Å²) in [7, 11) is 0.0659. The van der Waals surface area contributed by atoms with Crippen LogP contribution in [-0.2, 0) is 9.31 Å². The summed E-state index contributed by atoms with van der Waals surface area (Å²) in [6.45, 7) is 4.54. The molecule has 108 valence electrons. The van der Waals surface area contributed by atoms with Gasteiger partial charge in [0.15, 0.2) is 0 Å². The van der Waals surface area contributed by atoms with Crippen molar-refractivity contribution >= 4 is 7.12 Å². The highest BCUT2D eigenvalue weighted by molar-refractivity contribution is 6.45. The van der Waals surface area contributed by atoms with Crippen molar-refractivity contribution in [1.82, 2.24) is 0 Å². The Hall–Kier alpha value is -0.0151. The van der Waals surface area contributed by atoms with Gasteiger partial charge in [-0.05, 0) is 37.9 Å². The predicted octanol–water partition coefficient (Wildman–Crippen LogP) is 4.58. The molecular formula is C16H29BO2. The quantitative estimate of drug-likeness (QED) is 0.679. The van der Waals surface area contributed by atoms with Crippen molar-refractivity contribution in [2.75, 3.05) is 0 Å². The van der Waals surface area contributed by atoms with Gasteiger partial charge >= 0.3 is 7.12 Å². The van der Waals surface area contributed by atoms with Gasteiger partial charge in [0.05, 0.1) is 11.2 Å². The van der Waals surface area contributed by atoms with E-state index < -0.39 is 0 Å². The van der Waals surface area contributed by atoms with Gasteiger partial charge in [-0.15, -0.1) is 0 Å². The van der Waals surface area contributed by atoms with Gasteiger partial charge in [-0.1, -0.05) is 52.4 Å². The van der Waals surface area contributed by atoms with Crippen molar-refractivity contribution in [1.29, 1.82) is 0 Å². The van der Waals surface area contributed by atoms with E-state index in [1.807, 2.05) is 0 Å². The zero-order chi connectivity index (χ0) is 13.3. The molecular weight excluding hydrogens is 235 g/mol. The monoisotopic (exact) mass is 264 g/mol. The molecule has 3 fully saturated rings. The summed E-state index contributed by atoms with van der Waals surface area (Å²) in [5.74, 6) is 0.657. The Balaban J connectivity index is 1.81. The summed E-state index contributed by atoms with van der Waals surface area (Å²) in [6, 6.07) is 0. The smallest absolute Gasteiger partial charge is 0.403 e. The van der Waals surface area contributed by atoms with Crippen LogP contribution in [0.2, 0.25) is 6.32 Å². The Kier molecular flexibility index (Phi) is 3.97. The SMILES string of the molecule is CC(C)CB1OC2(CCCCC2)C2(CCCCC2)O1. The van der Waals surface area contributed by atoms with E-state index in [0.717, 1.165) is 6.32 Å². The average molecular weight is 264 g/mol. The highest BCUT2D eigenvalue weighted by atomic mass is 16.7. The van der Waals surface area contributed by atoms with Crippen LogP contribution >= 0.6 is 0 Å².